The molecule has 1 aliphatic rings. The Bertz CT molecular complexity index is 550. The first-order chi connectivity index (χ1) is 9.91. The Morgan fingerprint density at radius 1 is 1.41 bits per heavy atom. The van der Waals surface area contributed by atoms with Crippen molar-refractivity contribution >= 4 is 30.0 Å². The molecule has 1 heterocycles. The van der Waals surface area contributed by atoms with Crippen LogP contribution in [0.15, 0.2) is 24.3 Å². The van der Waals surface area contributed by atoms with Gasteiger partial charge in [-0.15, -0.1) is 12.4 Å². The van der Waals surface area contributed by atoms with Gasteiger partial charge in [0.05, 0.1) is 6.54 Å². The minimum Gasteiger partial charge on any atom is -0.480 e. The number of aliphatic carboxylic acids is 1. The predicted molar refractivity (Wildman–Crippen MR) is 88.7 cm³/mol. The molecule has 0 saturated heterocycles. The summed E-state index contributed by atoms with van der Waals surface area (Å²) in [5.74, 6) is -0.970. The molecule has 1 aromatic carbocycles. The van der Waals surface area contributed by atoms with Crippen LogP contribution in [0, 0.1) is 0 Å². The Morgan fingerprint density at radius 2 is 2.05 bits per heavy atom. The number of benzene rings is 1. The van der Waals surface area contributed by atoms with Crippen LogP contribution in [0.25, 0.3) is 0 Å². The van der Waals surface area contributed by atoms with Crippen molar-refractivity contribution in [2.45, 2.75) is 38.8 Å². The summed E-state index contributed by atoms with van der Waals surface area (Å²) in [6, 6.07) is 7.39. The number of rotatable bonds is 4. The van der Waals surface area contributed by atoms with Gasteiger partial charge in [0.2, 0.25) is 5.91 Å². The summed E-state index contributed by atoms with van der Waals surface area (Å²) < 4.78 is 0. The van der Waals surface area contributed by atoms with Crippen molar-refractivity contribution < 1.29 is 14.7 Å². The first kappa shape index (κ1) is 18.5. The van der Waals surface area contributed by atoms with E-state index in [0.717, 1.165) is 18.5 Å². The van der Waals surface area contributed by atoms with E-state index in [9.17, 15) is 9.59 Å². The molecule has 2 unspecified atom stereocenters. The van der Waals surface area contributed by atoms with Gasteiger partial charge in [-0.3, -0.25) is 14.5 Å². The highest BCUT2D eigenvalue weighted by atomic mass is 35.5. The van der Waals surface area contributed by atoms with Gasteiger partial charge in [-0.05, 0) is 45.4 Å². The molecule has 0 aliphatic carbocycles. The average molecular weight is 327 g/mol. The summed E-state index contributed by atoms with van der Waals surface area (Å²) in [6.45, 7) is 3.73. The van der Waals surface area contributed by atoms with Gasteiger partial charge in [-0.2, -0.15) is 0 Å². The van der Waals surface area contributed by atoms with Crippen molar-refractivity contribution in [2.75, 3.05) is 18.5 Å². The van der Waals surface area contributed by atoms with Gasteiger partial charge in [-0.1, -0.05) is 18.2 Å². The van der Waals surface area contributed by atoms with Gasteiger partial charge in [0, 0.05) is 11.7 Å². The van der Waals surface area contributed by atoms with Gasteiger partial charge < -0.3 is 10.0 Å². The Balaban J connectivity index is 0.00000242. The van der Waals surface area contributed by atoms with E-state index in [2.05, 4.69) is 0 Å². The van der Waals surface area contributed by atoms with Crippen molar-refractivity contribution in [1.82, 2.24) is 4.90 Å². The minimum atomic E-state index is -0.919. The summed E-state index contributed by atoms with van der Waals surface area (Å²) in [5, 5.41) is 9.02. The van der Waals surface area contributed by atoms with Gasteiger partial charge in [-0.25, -0.2) is 0 Å². The molecule has 6 heteroatoms. The predicted octanol–water partition coefficient (Wildman–Crippen LogP) is 2.18. The maximum Gasteiger partial charge on any atom is 0.320 e. The number of amides is 1. The number of nitrogens with zero attached hydrogens (tertiary/aromatic N) is 2. The molecule has 0 spiro atoms. The van der Waals surface area contributed by atoms with Crippen molar-refractivity contribution in [1.29, 1.82) is 0 Å². The molecule has 2 atom stereocenters. The molecule has 0 saturated carbocycles. The summed E-state index contributed by atoms with van der Waals surface area (Å²) in [7, 11) is 1.66. The first-order valence-electron chi connectivity index (χ1n) is 7.24. The van der Waals surface area contributed by atoms with Gasteiger partial charge in [0.25, 0.3) is 0 Å². The standard InChI is InChI=1S/C16H22N2O3.ClH/c1-11-8-9-13-6-4-5-7-14(13)18(11)15(19)10-17(3)12(2)16(20)21;/h4-7,11-12H,8-10H2,1-3H3,(H,20,21);1H. The molecule has 1 N–H and O–H groups in total. The zero-order valence-corrected chi connectivity index (χ0v) is 14.0. The number of carboxylic acid groups (broad SMARTS) is 1. The molecule has 0 bridgehead atoms. The van der Waals surface area contributed by atoms with Crippen LogP contribution in [0.4, 0.5) is 5.69 Å². The normalized spacial score (nSPS) is 18.4. The Kier molecular flexibility index (Phi) is 6.38. The van der Waals surface area contributed by atoms with E-state index >= 15 is 0 Å². The van der Waals surface area contributed by atoms with E-state index in [-0.39, 0.29) is 30.9 Å². The summed E-state index contributed by atoms with van der Waals surface area (Å²) in [4.78, 5) is 27.0. The van der Waals surface area contributed by atoms with Crippen molar-refractivity contribution in [3.63, 3.8) is 0 Å². The molecular formula is C16H23ClN2O3. The van der Waals surface area contributed by atoms with Crippen LogP contribution in [0.5, 0.6) is 0 Å². The lowest BCUT2D eigenvalue weighted by Gasteiger charge is -2.36. The van der Waals surface area contributed by atoms with E-state index < -0.39 is 12.0 Å². The molecule has 0 fully saturated rings. The van der Waals surface area contributed by atoms with E-state index in [4.69, 9.17) is 5.11 Å². The Labute approximate surface area is 137 Å². The lowest BCUT2D eigenvalue weighted by Crippen LogP contribution is -2.49. The summed E-state index contributed by atoms with van der Waals surface area (Å²) >= 11 is 0. The molecule has 1 aromatic rings. The van der Waals surface area contributed by atoms with Crippen LogP contribution >= 0.6 is 12.4 Å². The highest BCUT2D eigenvalue weighted by Gasteiger charge is 2.29. The van der Waals surface area contributed by atoms with Crippen LogP contribution in [-0.2, 0) is 16.0 Å². The maximum absolute atomic E-state index is 12.6. The number of fused-ring (bicyclic) bond motifs is 1. The fourth-order valence-corrected chi connectivity index (χ4v) is 2.68. The highest BCUT2D eigenvalue weighted by Crippen LogP contribution is 2.30. The second-order valence-corrected chi connectivity index (χ2v) is 5.71. The number of carbonyl (C=O) groups is 2. The minimum absolute atomic E-state index is 0. The molecule has 1 amide bonds. The first-order valence-corrected chi connectivity index (χ1v) is 7.24. The van der Waals surface area contributed by atoms with E-state index in [0.29, 0.717) is 0 Å². The zero-order chi connectivity index (χ0) is 15.6. The third-order valence-electron chi connectivity index (χ3n) is 4.20. The molecule has 5 nitrogen and oxygen atoms in total. The van der Waals surface area contributed by atoms with Crippen LogP contribution in [-0.4, -0.2) is 47.6 Å². The second kappa shape index (κ2) is 7.61. The molecule has 22 heavy (non-hydrogen) atoms. The van der Waals surface area contributed by atoms with Gasteiger partial charge in [0.15, 0.2) is 0 Å². The van der Waals surface area contributed by atoms with Crippen molar-refractivity contribution in [3.05, 3.63) is 29.8 Å². The molecule has 2 rings (SSSR count). The number of likely N-dealkylation sites (N-methyl/N-ethyl adjacent to an activating group) is 1. The van der Waals surface area contributed by atoms with Crippen molar-refractivity contribution in [3.8, 4) is 0 Å². The van der Waals surface area contributed by atoms with E-state index in [1.54, 1.807) is 18.9 Å². The highest BCUT2D eigenvalue weighted by molar-refractivity contribution is 5.96. The van der Waals surface area contributed by atoms with Crippen LogP contribution in [0.3, 0.4) is 0 Å². The largest absolute Gasteiger partial charge is 0.480 e. The lowest BCUT2D eigenvalue weighted by molar-refractivity contribution is -0.142. The van der Waals surface area contributed by atoms with Crippen LogP contribution in [0.2, 0.25) is 0 Å². The molecular weight excluding hydrogens is 304 g/mol. The number of hydrogen-bond donors (Lipinski definition) is 1. The smallest absolute Gasteiger partial charge is 0.320 e. The zero-order valence-electron chi connectivity index (χ0n) is 13.2. The van der Waals surface area contributed by atoms with Crippen LogP contribution < -0.4 is 4.90 Å². The van der Waals surface area contributed by atoms with E-state index in [1.165, 1.54) is 5.56 Å². The molecule has 0 aromatic heterocycles. The monoisotopic (exact) mass is 326 g/mol. The van der Waals surface area contributed by atoms with Crippen molar-refractivity contribution in [2.24, 2.45) is 0 Å². The Morgan fingerprint density at radius 3 is 2.68 bits per heavy atom. The number of anilines is 1. The van der Waals surface area contributed by atoms with Crippen LogP contribution in [0.1, 0.15) is 25.8 Å². The number of para-hydroxylation sites is 1. The third kappa shape index (κ3) is 3.78. The van der Waals surface area contributed by atoms with E-state index in [1.807, 2.05) is 36.1 Å². The summed E-state index contributed by atoms with van der Waals surface area (Å²) in [6.07, 6.45) is 1.91. The number of carbonyl (C=O) groups excluding carboxylic acids is 1. The average Bonchev–Trinajstić information content (AvgIpc) is 2.45. The SMILES string of the molecule is CC(C(=O)O)N(C)CC(=O)N1c2ccccc2CCC1C.Cl. The summed E-state index contributed by atoms with van der Waals surface area (Å²) in [5.41, 5.74) is 2.13. The number of carboxylic acids is 1. The lowest BCUT2D eigenvalue weighted by atomic mass is 9.96. The quantitative estimate of drug-likeness (QED) is 0.921. The third-order valence-corrected chi connectivity index (χ3v) is 4.20. The Hall–Kier alpha value is -1.59. The van der Waals surface area contributed by atoms with Gasteiger partial charge in [0.1, 0.15) is 6.04 Å². The molecule has 0 radical (unpaired) electrons. The number of aryl methyl sites for hydroxylation is 1. The second-order valence-electron chi connectivity index (χ2n) is 5.71. The molecule has 1 aliphatic heterocycles. The molecule has 122 valence electrons. The number of hydrogen-bond acceptors (Lipinski definition) is 3. The fraction of sp³-hybridized carbons (Fsp3) is 0.500. The number of halogens is 1. The topological polar surface area (TPSA) is 60.9 Å². The maximum atomic E-state index is 12.6. The fourth-order valence-electron chi connectivity index (χ4n) is 2.68. The van der Waals surface area contributed by atoms with Gasteiger partial charge >= 0.3 is 5.97 Å².